The SMILES string of the molecule is Oc1ccccc1C=Nc1ccc(-c2nc3cc(N=Cc4ccccc4O)ccc3o2)cc1. The number of hydrogen-bond acceptors (Lipinski definition) is 6. The molecule has 0 radical (unpaired) electrons. The molecule has 0 aliphatic carbocycles. The van der Waals surface area contributed by atoms with E-state index in [4.69, 9.17) is 4.42 Å². The smallest absolute Gasteiger partial charge is 0.227 e. The molecule has 6 heteroatoms. The van der Waals surface area contributed by atoms with Crippen molar-refractivity contribution in [3.05, 3.63) is 102 Å². The van der Waals surface area contributed by atoms with Crippen molar-refractivity contribution >= 4 is 34.9 Å². The fraction of sp³-hybridized carbons (Fsp3) is 0. The van der Waals surface area contributed by atoms with E-state index in [2.05, 4.69) is 15.0 Å². The number of aromatic nitrogens is 1. The summed E-state index contributed by atoms with van der Waals surface area (Å²) in [6.07, 6.45) is 3.24. The topological polar surface area (TPSA) is 91.2 Å². The van der Waals surface area contributed by atoms with Crippen LogP contribution in [-0.2, 0) is 0 Å². The van der Waals surface area contributed by atoms with Gasteiger partial charge in [-0.1, -0.05) is 24.3 Å². The normalized spacial score (nSPS) is 11.6. The molecule has 6 nitrogen and oxygen atoms in total. The van der Waals surface area contributed by atoms with Crippen LogP contribution in [0.3, 0.4) is 0 Å². The van der Waals surface area contributed by atoms with E-state index in [0.717, 1.165) is 11.3 Å². The first-order chi connectivity index (χ1) is 16.2. The zero-order valence-electron chi connectivity index (χ0n) is 17.5. The van der Waals surface area contributed by atoms with Crippen molar-refractivity contribution in [2.75, 3.05) is 0 Å². The van der Waals surface area contributed by atoms with E-state index in [9.17, 15) is 10.2 Å². The third-order valence-electron chi connectivity index (χ3n) is 5.06. The van der Waals surface area contributed by atoms with Crippen molar-refractivity contribution in [1.29, 1.82) is 0 Å². The van der Waals surface area contributed by atoms with E-state index in [1.165, 1.54) is 0 Å². The molecule has 1 heterocycles. The Morgan fingerprint density at radius 2 is 1.24 bits per heavy atom. The lowest BCUT2D eigenvalue weighted by Gasteiger charge is -1.98. The van der Waals surface area contributed by atoms with Gasteiger partial charge in [-0.2, -0.15) is 0 Å². The minimum atomic E-state index is 0.180. The van der Waals surface area contributed by atoms with Crippen molar-refractivity contribution in [2.24, 2.45) is 9.98 Å². The second-order valence-electron chi connectivity index (χ2n) is 7.35. The zero-order valence-corrected chi connectivity index (χ0v) is 17.5. The molecule has 2 N–H and O–H groups in total. The number of phenolic OH excluding ortho intramolecular Hbond substituents is 2. The molecule has 0 spiro atoms. The van der Waals surface area contributed by atoms with Gasteiger partial charge in [0.2, 0.25) is 5.89 Å². The Hall–Kier alpha value is -4.71. The van der Waals surface area contributed by atoms with E-state index < -0.39 is 0 Å². The lowest BCUT2D eigenvalue weighted by Crippen LogP contribution is -1.81. The molecule has 160 valence electrons. The third-order valence-corrected chi connectivity index (χ3v) is 5.06. The minimum absolute atomic E-state index is 0.180. The number of aliphatic imine (C=N–C) groups is 2. The number of rotatable bonds is 5. The molecule has 0 saturated heterocycles. The summed E-state index contributed by atoms with van der Waals surface area (Å²) < 4.78 is 5.90. The van der Waals surface area contributed by atoms with Gasteiger partial charge in [0.05, 0.1) is 11.4 Å². The van der Waals surface area contributed by atoms with Crippen LogP contribution in [0, 0.1) is 0 Å². The summed E-state index contributed by atoms with van der Waals surface area (Å²) in [7, 11) is 0. The third kappa shape index (κ3) is 4.50. The molecule has 0 amide bonds. The fourth-order valence-corrected chi connectivity index (χ4v) is 3.29. The van der Waals surface area contributed by atoms with Gasteiger partial charge in [0.15, 0.2) is 5.58 Å². The number of nitrogens with zero attached hydrogens (tertiary/aromatic N) is 3. The predicted octanol–water partition coefficient (Wildman–Crippen LogP) is 6.41. The highest BCUT2D eigenvalue weighted by Gasteiger charge is 2.09. The van der Waals surface area contributed by atoms with Crippen molar-refractivity contribution in [1.82, 2.24) is 4.98 Å². The van der Waals surface area contributed by atoms with Crippen molar-refractivity contribution in [3.8, 4) is 23.0 Å². The van der Waals surface area contributed by atoms with E-state index in [0.29, 0.717) is 33.8 Å². The number of phenols is 2. The van der Waals surface area contributed by atoms with Crippen molar-refractivity contribution in [3.63, 3.8) is 0 Å². The first-order valence-electron chi connectivity index (χ1n) is 10.3. The van der Waals surface area contributed by atoms with Gasteiger partial charge in [0, 0.05) is 29.1 Å². The number of para-hydroxylation sites is 2. The molecule has 0 aliphatic rings. The molecular formula is C27H19N3O3. The van der Waals surface area contributed by atoms with Gasteiger partial charge in [0.1, 0.15) is 17.0 Å². The van der Waals surface area contributed by atoms with E-state index in [-0.39, 0.29) is 11.5 Å². The van der Waals surface area contributed by atoms with Crippen LogP contribution in [0.1, 0.15) is 11.1 Å². The number of oxazole rings is 1. The standard InChI is InChI=1S/C27H19N3O3/c31-24-7-3-1-5-19(24)16-28-21-11-9-18(10-12-21)27-30-23-15-22(13-14-26(23)33-27)29-17-20-6-2-4-8-25(20)32/h1-17,31-32H. The Balaban J connectivity index is 1.35. The maximum atomic E-state index is 9.87. The van der Waals surface area contributed by atoms with Crippen molar-refractivity contribution in [2.45, 2.75) is 0 Å². The van der Waals surface area contributed by atoms with Crippen LogP contribution in [0.15, 0.2) is 105 Å². The van der Waals surface area contributed by atoms with Crippen LogP contribution in [0.25, 0.3) is 22.6 Å². The summed E-state index contributed by atoms with van der Waals surface area (Å²) in [6, 6.07) is 27.1. The average molecular weight is 433 g/mol. The summed E-state index contributed by atoms with van der Waals surface area (Å²) in [5.74, 6) is 0.871. The Kier molecular flexibility index (Phi) is 5.39. The predicted molar refractivity (Wildman–Crippen MR) is 130 cm³/mol. The number of hydrogen-bond donors (Lipinski definition) is 2. The molecule has 0 aliphatic heterocycles. The molecule has 33 heavy (non-hydrogen) atoms. The van der Waals surface area contributed by atoms with Crippen LogP contribution in [-0.4, -0.2) is 27.6 Å². The monoisotopic (exact) mass is 433 g/mol. The molecule has 1 aromatic heterocycles. The van der Waals surface area contributed by atoms with Gasteiger partial charge in [0.25, 0.3) is 0 Å². The van der Waals surface area contributed by atoms with E-state index in [1.807, 2.05) is 54.6 Å². The summed E-state index contributed by atoms with van der Waals surface area (Å²) >= 11 is 0. The quantitative estimate of drug-likeness (QED) is 0.313. The average Bonchev–Trinajstić information content (AvgIpc) is 3.27. The summed E-state index contributed by atoms with van der Waals surface area (Å²) in [5, 5.41) is 19.7. The van der Waals surface area contributed by atoms with Gasteiger partial charge in [-0.15, -0.1) is 0 Å². The number of fused-ring (bicyclic) bond motifs is 1. The lowest BCUT2D eigenvalue weighted by molar-refractivity contribution is 0.474. The van der Waals surface area contributed by atoms with Crippen molar-refractivity contribution < 1.29 is 14.6 Å². The number of aromatic hydroxyl groups is 2. The minimum Gasteiger partial charge on any atom is -0.507 e. The highest BCUT2D eigenvalue weighted by molar-refractivity contribution is 5.87. The lowest BCUT2D eigenvalue weighted by atomic mass is 10.2. The molecule has 0 unspecified atom stereocenters. The molecule has 5 aromatic rings. The molecule has 0 bridgehead atoms. The Morgan fingerprint density at radius 3 is 1.88 bits per heavy atom. The van der Waals surface area contributed by atoms with E-state index >= 15 is 0 Å². The molecule has 0 saturated carbocycles. The summed E-state index contributed by atoms with van der Waals surface area (Å²) in [6.45, 7) is 0. The van der Waals surface area contributed by atoms with Gasteiger partial charge >= 0.3 is 0 Å². The molecule has 4 aromatic carbocycles. The highest BCUT2D eigenvalue weighted by Crippen LogP contribution is 2.28. The first-order valence-corrected chi connectivity index (χ1v) is 10.3. The van der Waals surface area contributed by atoms with E-state index in [1.54, 1.807) is 48.8 Å². The second-order valence-corrected chi connectivity index (χ2v) is 7.35. The van der Waals surface area contributed by atoms with Gasteiger partial charge in [-0.3, -0.25) is 9.98 Å². The van der Waals surface area contributed by atoms with Crippen LogP contribution in [0.2, 0.25) is 0 Å². The maximum absolute atomic E-state index is 9.87. The Bertz CT molecular complexity index is 1480. The van der Waals surface area contributed by atoms with Gasteiger partial charge in [-0.25, -0.2) is 4.98 Å². The largest absolute Gasteiger partial charge is 0.507 e. The Morgan fingerprint density at radius 1 is 0.667 bits per heavy atom. The first kappa shape index (κ1) is 20.2. The van der Waals surface area contributed by atoms with Crippen LogP contribution in [0.5, 0.6) is 11.5 Å². The summed E-state index contributed by atoms with van der Waals surface area (Å²) in [5.41, 5.74) is 4.93. The highest BCUT2D eigenvalue weighted by atomic mass is 16.3. The van der Waals surface area contributed by atoms with Crippen LogP contribution < -0.4 is 0 Å². The number of benzene rings is 4. The Labute approximate surface area is 189 Å². The molecular weight excluding hydrogens is 414 g/mol. The molecule has 0 fully saturated rings. The molecule has 5 rings (SSSR count). The summed E-state index contributed by atoms with van der Waals surface area (Å²) in [4.78, 5) is 13.4. The zero-order chi connectivity index (χ0) is 22.6. The van der Waals surface area contributed by atoms with Crippen LogP contribution in [0.4, 0.5) is 11.4 Å². The fourth-order valence-electron chi connectivity index (χ4n) is 3.29. The second kappa shape index (κ2) is 8.80. The van der Waals surface area contributed by atoms with Gasteiger partial charge in [-0.05, 0) is 66.7 Å². The maximum Gasteiger partial charge on any atom is 0.227 e. The van der Waals surface area contributed by atoms with Crippen LogP contribution >= 0.6 is 0 Å². The molecule has 0 atom stereocenters. The van der Waals surface area contributed by atoms with Gasteiger partial charge < -0.3 is 14.6 Å².